The van der Waals surface area contributed by atoms with Crippen molar-refractivity contribution in [1.82, 2.24) is 4.90 Å². The highest BCUT2D eigenvalue weighted by Gasteiger charge is 2.12. The van der Waals surface area contributed by atoms with Crippen molar-refractivity contribution in [2.24, 2.45) is 5.92 Å². The highest BCUT2D eigenvalue weighted by atomic mass is 16.4. The minimum absolute atomic E-state index is 0.111. The van der Waals surface area contributed by atoms with E-state index in [-0.39, 0.29) is 5.92 Å². The van der Waals surface area contributed by atoms with Gasteiger partial charge in [0.25, 0.3) is 0 Å². The van der Waals surface area contributed by atoms with Crippen LogP contribution in [0.25, 0.3) is 0 Å². The predicted molar refractivity (Wildman–Crippen MR) is 88.3 cm³/mol. The second-order valence-electron chi connectivity index (χ2n) is 5.43. The van der Waals surface area contributed by atoms with Crippen LogP contribution in [0.1, 0.15) is 79.6 Å². The van der Waals surface area contributed by atoms with Crippen LogP contribution in [0, 0.1) is 5.92 Å². The Balaban J connectivity index is 0. The van der Waals surface area contributed by atoms with Gasteiger partial charge in [-0.3, -0.25) is 4.79 Å². The van der Waals surface area contributed by atoms with Crippen molar-refractivity contribution >= 4 is 5.97 Å². The third kappa shape index (κ3) is 13.9. The Labute approximate surface area is 126 Å². The van der Waals surface area contributed by atoms with Gasteiger partial charge in [-0.05, 0) is 51.7 Å². The molecular weight excluding hydrogens is 250 g/mol. The maximum Gasteiger partial charge on any atom is 0.306 e. The molecular formula is C17H37NO2. The summed E-state index contributed by atoms with van der Waals surface area (Å²) < 4.78 is 0. The van der Waals surface area contributed by atoms with Gasteiger partial charge in [0.1, 0.15) is 0 Å². The number of hydrogen-bond donors (Lipinski definition) is 1. The number of nitrogens with zero attached hydrogens (tertiary/aromatic N) is 1. The first-order chi connectivity index (χ1) is 9.56. The van der Waals surface area contributed by atoms with Gasteiger partial charge in [0, 0.05) is 0 Å². The van der Waals surface area contributed by atoms with Gasteiger partial charge in [-0.25, -0.2) is 0 Å². The molecule has 0 aliphatic rings. The molecule has 0 heterocycles. The van der Waals surface area contributed by atoms with Crippen molar-refractivity contribution in [3.63, 3.8) is 0 Å². The first-order valence-corrected chi connectivity index (χ1v) is 8.52. The molecule has 0 saturated heterocycles. The van der Waals surface area contributed by atoms with Gasteiger partial charge in [0.2, 0.25) is 0 Å². The number of carboxylic acids is 1. The number of rotatable bonds is 11. The number of carboxylic acid groups (broad SMARTS) is 1. The Morgan fingerprint density at radius 2 is 1.35 bits per heavy atom. The normalized spacial score (nSPS) is 11.9. The molecule has 0 spiro atoms. The van der Waals surface area contributed by atoms with Crippen LogP contribution < -0.4 is 0 Å². The van der Waals surface area contributed by atoms with Gasteiger partial charge in [0.15, 0.2) is 0 Å². The van der Waals surface area contributed by atoms with Gasteiger partial charge in [-0.2, -0.15) is 0 Å². The number of carbonyl (C=O) groups is 1. The number of hydrogen-bond acceptors (Lipinski definition) is 2. The second kappa shape index (κ2) is 16.5. The first kappa shape index (κ1) is 21.7. The molecule has 0 aliphatic carbocycles. The summed E-state index contributed by atoms with van der Waals surface area (Å²) >= 11 is 0. The zero-order chi connectivity index (χ0) is 15.8. The van der Waals surface area contributed by atoms with Crippen molar-refractivity contribution in [2.75, 3.05) is 19.6 Å². The van der Waals surface area contributed by atoms with Crippen LogP contribution in [-0.4, -0.2) is 35.6 Å². The monoisotopic (exact) mass is 287 g/mol. The molecule has 0 radical (unpaired) electrons. The van der Waals surface area contributed by atoms with Crippen molar-refractivity contribution < 1.29 is 9.90 Å². The molecule has 1 N–H and O–H groups in total. The van der Waals surface area contributed by atoms with Crippen LogP contribution in [-0.2, 0) is 4.79 Å². The zero-order valence-corrected chi connectivity index (χ0v) is 14.5. The Kier molecular flexibility index (Phi) is 17.9. The quantitative estimate of drug-likeness (QED) is 0.593. The molecule has 3 nitrogen and oxygen atoms in total. The maximum absolute atomic E-state index is 10.4. The minimum atomic E-state index is -0.643. The van der Waals surface area contributed by atoms with Crippen LogP contribution in [0.15, 0.2) is 0 Å². The second-order valence-corrected chi connectivity index (χ2v) is 5.43. The molecule has 0 rings (SSSR count). The zero-order valence-electron chi connectivity index (χ0n) is 14.5. The SMILES string of the molecule is CCCCC(CC)C(=O)O.CCCN(CCC)CCC. The van der Waals surface area contributed by atoms with E-state index in [0.717, 1.165) is 25.7 Å². The van der Waals surface area contributed by atoms with E-state index in [9.17, 15) is 4.79 Å². The third-order valence-electron chi connectivity index (χ3n) is 3.37. The lowest BCUT2D eigenvalue weighted by Gasteiger charge is -2.19. The van der Waals surface area contributed by atoms with E-state index in [1.54, 1.807) is 0 Å². The molecule has 0 aromatic heterocycles. The van der Waals surface area contributed by atoms with Crippen LogP contribution in [0.3, 0.4) is 0 Å². The molecule has 1 unspecified atom stereocenters. The molecule has 0 amide bonds. The summed E-state index contributed by atoms with van der Waals surface area (Å²) in [6, 6.07) is 0. The van der Waals surface area contributed by atoms with Crippen molar-refractivity contribution in [3.05, 3.63) is 0 Å². The van der Waals surface area contributed by atoms with Crippen LogP contribution >= 0.6 is 0 Å². The summed E-state index contributed by atoms with van der Waals surface area (Å²) in [5.41, 5.74) is 0. The summed E-state index contributed by atoms with van der Waals surface area (Å²) in [5.74, 6) is -0.754. The predicted octanol–water partition coefficient (Wildman–Crippen LogP) is 4.81. The van der Waals surface area contributed by atoms with E-state index in [4.69, 9.17) is 5.11 Å². The fourth-order valence-electron chi connectivity index (χ4n) is 2.24. The largest absolute Gasteiger partial charge is 0.481 e. The average molecular weight is 287 g/mol. The van der Waals surface area contributed by atoms with E-state index in [0.29, 0.717) is 0 Å². The topological polar surface area (TPSA) is 40.5 Å². The van der Waals surface area contributed by atoms with E-state index in [2.05, 4.69) is 32.6 Å². The van der Waals surface area contributed by atoms with Crippen molar-refractivity contribution in [1.29, 1.82) is 0 Å². The standard InChI is InChI=1S/C9H21N.C8H16O2/c1-4-7-10(8-5-2)9-6-3;1-3-5-6-7(4-2)8(9)10/h4-9H2,1-3H3;7H,3-6H2,1-2H3,(H,9,10). The molecule has 0 fully saturated rings. The highest BCUT2D eigenvalue weighted by Crippen LogP contribution is 2.11. The number of unbranched alkanes of at least 4 members (excludes halogenated alkanes) is 1. The Morgan fingerprint density at radius 3 is 1.60 bits per heavy atom. The average Bonchev–Trinajstić information content (AvgIpc) is 2.41. The van der Waals surface area contributed by atoms with Crippen LogP contribution in [0.4, 0.5) is 0 Å². The van der Waals surface area contributed by atoms with Gasteiger partial charge < -0.3 is 10.0 Å². The minimum Gasteiger partial charge on any atom is -0.481 e. The van der Waals surface area contributed by atoms with Crippen molar-refractivity contribution in [3.8, 4) is 0 Å². The lowest BCUT2D eigenvalue weighted by atomic mass is 10.00. The first-order valence-electron chi connectivity index (χ1n) is 8.52. The van der Waals surface area contributed by atoms with Gasteiger partial charge in [-0.15, -0.1) is 0 Å². The van der Waals surface area contributed by atoms with Crippen molar-refractivity contribution in [2.45, 2.75) is 79.6 Å². The fourth-order valence-corrected chi connectivity index (χ4v) is 2.24. The summed E-state index contributed by atoms with van der Waals surface area (Å²) in [6.45, 7) is 14.6. The maximum atomic E-state index is 10.4. The van der Waals surface area contributed by atoms with Crippen LogP contribution in [0.5, 0.6) is 0 Å². The van der Waals surface area contributed by atoms with E-state index >= 15 is 0 Å². The molecule has 0 bridgehead atoms. The fraction of sp³-hybridized carbons (Fsp3) is 0.941. The van der Waals surface area contributed by atoms with E-state index in [1.165, 1.54) is 38.9 Å². The summed E-state index contributed by atoms with van der Waals surface area (Å²) in [5, 5.41) is 8.60. The lowest BCUT2D eigenvalue weighted by molar-refractivity contribution is -0.142. The summed E-state index contributed by atoms with van der Waals surface area (Å²) in [4.78, 5) is 13.0. The molecule has 20 heavy (non-hydrogen) atoms. The molecule has 122 valence electrons. The number of aliphatic carboxylic acids is 1. The molecule has 0 aromatic rings. The Hall–Kier alpha value is -0.570. The van der Waals surface area contributed by atoms with E-state index in [1.807, 2.05) is 6.92 Å². The third-order valence-corrected chi connectivity index (χ3v) is 3.37. The lowest BCUT2D eigenvalue weighted by Crippen LogP contribution is -2.25. The molecule has 0 saturated carbocycles. The highest BCUT2D eigenvalue weighted by molar-refractivity contribution is 5.69. The summed E-state index contributed by atoms with van der Waals surface area (Å²) in [7, 11) is 0. The Bertz CT molecular complexity index is 193. The smallest absolute Gasteiger partial charge is 0.306 e. The van der Waals surface area contributed by atoms with Gasteiger partial charge >= 0.3 is 5.97 Å². The molecule has 0 aromatic carbocycles. The Morgan fingerprint density at radius 1 is 0.900 bits per heavy atom. The van der Waals surface area contributed by atoms with Gasteiger partial charge in [0.05, 0.1) is 5.92 Å². The van der Waals surface area contributed by atoms with Crippen LogP contribution in [0.2, 0.25) is 0 Å². The summed E-state index contributed by atoms with van der Waals surface area (Å²) in [6.07, 6.45) is 7.59. The van der Waals surface area contributed by atoms with Gasteiger partial charge in [-0.1, -0.05) is 47.5 Å². The van der Waals surface area contributed by atoms with E-state index < -0.39 is 5.97 Å². The molecule has 1 atom stereocenters. The molecule has 0 aliphatic heterocycles. The molecule has 3 heteroatoms.